The number of benzene rings is 1. The van der Waals surface area contributed by atoms with Crippen molar-refractivity contribution < 1.29 is 20.1 Å². The van der Waals surface area contributed by atoms with E-state index in [4.69, 9.17) is 5.11 Å². The molecule has 0 aliphatic heterocycles. The molecule has 0 aromatic heterocycles. The minimum absolute atomic E-state index is 0.0365. The molecule has 1 aromatic carbocycles. The Morgan fingerprint density at radius 3 is 2.47 bits per heavy atom. The lowest BCUT2D eigenvalue weighted by atomic mass is 9.99. The van der Waals surface area contributed by atoms with Gasteiger partial charge in [0.15, 0.2) is 6.10 Å². The predicted octanol–water partition coefficient (Wildman–Crippen LogP) is 1.89. The molecule has 4 nitrogen and oxygen atoms in total. The molecule has 0 amide bonds. The topological polar surface area (TPSA) is 77.8 Å². The molecular formula is C10H11BrO4. The van der Waals surface area contributed by atoms with Crippen LogP contribution in [0.4, 0.5) is 0 Å². The fourth-order valence-corrected chi connectivity index (χ4v) is 1.90. The van der Waals surface area contributed by atoms with E-state index in [0.29, 0.717) is 15.6 Å². The van der Waals surface area contributed by atoms with Crippen LogP contribution < -0.4 is 0 Å². The van der Waals surface area contributed by atoms with E-state index in [1.165, 1.54) is 0 Å². The van der Waals surface area contributed by atoms with E-state index in [-0.39, 0.29) is 11.3 Å². The van der Waals surface area contributed by atoms with Crippen LogP contribution in [0.1, 0.15) is 22.8 Å². The number of carboxylic acid groups (broad SMARTS) is 1. The van der Waals surface area contributed by atoms with Crippen molar-refractivity contribution in [3.63, 3.8) is 0 Å². The summed E-state index contributed by atoms with van der Waals surface area (Å²) in [5.74, 6) is -1.56. The summed E-state index contributed by atoms with van der Waals surface area (Å²) in [6.45, 7) is 3.27. The third-order valence-corrected chi connectivity index (χ3v) is 3.07. The predicted molar refractivity (Wildman–Crippen MR) is 57.9 cm³/mol. The number of carbonyl (C=O) groups is 1. The van der Waals surface area contributed by atoms with Gasteiger partial charge >= 0.3 is 5.97 Å². The molecule has 0 bridgehead atoms. The van der Waals surface area contributed by atoms with Gasteiger partial charge in [0.1, 0.15) is 5.75 Å². The van der Waals surface area contributed by atoms with Crippen LogP contribution in [0.5, 0.6) is 5.75 Å². The lowest BCUT2D eigenvalue weighted by Gasteiger charge is -2.15. The van der Waals surface area contributed by atoms with Gasteiger partial charge in [-0.25, -0.2) is 4.79 Å². The minimum atomic E-state index is -1.71. The molecule has 1 aromatic rings. The van der Waals surface area contributed by atoms with Crippen molar-refractivity contribution >= 4 is 21.9 Å². The fourth-order valence-electron chi connectivity index (χ4n) is 1.34. The summed E-state index contributed by atoms with van der Waals surface area (Å²) in [5, 5.41) is 27.8. The number of aromatic hydroxyl groups is 1. The maximum Gasteiger partial charge on any atom is 0.337 e. The smallest absolute Gasteiger partial charge is 0.337 e. The van der Waals surface area contributed by atoms with Gasteiger partial charge in [0.05, 0.1) is 0 Å². The number of phenolic OH excluding ortho intramolecular Hbond substituents is 1. The van der Waals surface area contributed by atoms with Crippen LogP contribution >= 0.6 is 15.9 Å². The molecule has 0 aliphatic rings. The number of halogens is 1. The Morgan fingerprint density at radius 2 is 2.00 bits per heavy atom. The van der Waals surface area contributed by atoms with Gasteiger partial charge in [0.2, 0.25) is 0 Å². The second kappa shape index (κ2) is 4.20. The number of aliphatic hydroxyl groups is 1. The zero-order valence-electron chi connectivity index (χ0n) is 8.28. The first-order valence-corrected chi connectivity index (χ1v) is 5.05. The van der Waals surface area contributed by atoms with Crippen molar-refractivity contribution in [3.05, 3.63) is 27.2 Å². The van der Waals surface area contributed by atoms with Crippen molar-refractivity contribution in [1.29, 1.82) is 0 Å². The van der Waals surface area contributed by atoms with Crippen molar-refractivity contribution in [2.75, 3.05) is 0 Å². The number of phenols is 1. The molecule has 0 heterocycles. The van der Waals surface area contributed by atoms with Crippen molar-refractivity contribution in [3.8, 4) is 5.75 Å². The Bertz CT molecular complexity index is 388. The van der Waals surface area contributed by atoms with Crippen LogP contribution in [0.15, 0.2) is 10.5 Å². The van der Waals surface area contributed by atoms with Crippen LogP contribution in [0.3, 0.4) is 0 Å². The first-order chi connectivity index (χ1) is 6.86. The summed E-state index contributed by atoms with van der Waals surface area (Å²) < 4.78 is 0.660. The molecule has 1 rings (SSSR count). The van der Waals surface area contributed by atoms with Crippen LogP contribution in [0.2, 0.25) is 0 Å². The average Bonchev–Trinajstić information content (AvgIpc) is 2.15. The maximum atomic E-state index is 10.7. The first-order valence-electron chi connectivity index (χ1n) is 4.25. The second-order valence-corrected chi connectivity index (χ2v) is 4.16. The van der Waals surface area contributed by atoms with Gasteiger partial charge < -0.3 is 15.3 Å². The normalized spacial score (nSPS) is 12.5. The molecule has 1 unspecified atom stereocenters. The number of hydrogen-bond acceptors (Lipinski definition) is 3. The van der Waals surface area contributed by atoms with Gasteiger partial charge in [-0.1, -0.05) is 15.9 Å². The molecule has 0 saturated carbocycles. The Morgan fingerprint density at radius 1 is 1.47 bits per heavy atom. The summed E-state index contributed by atoms with van der Waals surface area (Å²) in [4.78, 5) is 10.7. The number of hydrogen-bond donors (Lipinski definition) is 3. The third-order valence-electron chi connectivity index (χ3n) is 2.24. The van der Waals surface area contributed by atoms with Crippen LogP contribution in [0, 0.1) is 13.8 Å². The Labute approximate surface area is 95.3 Å². The number of carboxylic acids is 1. The number of aliphatic carboxylic acids is 1. The standard InChI is InChI=1S/C10H11BrO4/c1-4-3-6(11)5(2)7(8(4)12)9(13)10(14)15/h3,9,12-13H,1-2H3,(H,14,15). The highest BCUT2D eigenvalue weighted by molar-refractivity contribution is 9.10. The molecule has 0 fully saturated rings. The lowest BCUT2D eigenvalue weighted by molar-refractivity contribution is -0.147. The van der Waals surface area contributed by atoms with Crippen molar-refractivity contribution in [2.24, 2.45) is 0 Å². The van der Waals surface area contributed by atoms with E-state index in [1.807, 2.05) is 0 Å². The molecule has 1 atom stereocenters. The summed E-state index contributed by atoms with van der Waals surface area (Å²) in [6.07, 6.45) is -1.71. The van der Waals surface area contributed by atoms with Gasteiger partial charge in [-0.05, 0) is 31.0 Å². The molecule has 0 saturated heterocycles. The molecule has 5 heteroatoms. The summed E-state index contributed by atoms with van der Waals surface area (Å²) in [6, 6.07) is 1.67. The molecule has 0 aliphatic carbocycles. The quantitative estimate of drug-likeness (QED) is 0.770. The Hall–Kier alpha value is -1.07. The largest absolute Gasteiger partial charge is 0.507 e. The lowest BCUT2D eigenvalue weighted by Crippen LogP contribution is -2.12. The Balaban J connectivity index is 3.45. The zero-order valence-corrected chi connectivity index (χ0v) is 9.87. The van der Waals surface area contributed by atoms with Gasteiger partial charge in [0.25, 0.3) is 0 Å². The maximum absolute atomic E-state index is 10.7. The van der Waals surface area contributed by atoms with E-state index in [2.05, 4.69) is 15.9 Å². The van der Waals surface area contributed by atoms with Crippen LogP contribution in [-0.2, 0) is 4.79 Å². The fraction of sp³-hybridized carbons (Fsp3) is 0.300. The molecule has 82 valence electrons. The van der Waals surface area contributed by atoms with Crippen molar-refractivity contribution in [2.45, 2.75) is 20.0 Å². The molecule has 15 heavy (non-hydrogen) atoms. The highest BCUT2D eigenvalue weighted by Crippen LogP contribution is 2.35. The number of rotatable bonds is 2. The molecule has 0 radical (unpaired) electrons. The minimum Gasteiger partial charge on any atom is -0.507 e. The molecular weight excluding hydrogens is 264 g/mol. The third kappa shape index (κ3) is 2.13. The SMILES string of the molecule is Cc1cc(Br)c(C)c(C(O)C(=O)O)c1O. The van der Waals surface area contributed by atoms with E-state index in [0.717, 1.165) is 0 Å². The van der Waals surface area contributed by atoms with Gasteiger partial charge in [-0.2, -0.15) is 0 Å². The van der Waals surface area contributed by atoms with E-state index < -0.39 is 12.1 Å². The van der Waals surface area contributed by atoms with Crippen LogP contribution in [0.25, 0.3) is 0 Å². The number of aryl methyl sites for hydroxylation is 1. The summed E-state index contributed by atoms with van der Waals surface area (Å²) in [5.41, 5.74) is 1.07. The molecule has 0 spiro atoms. The average molecular weight is 275 g/mol. The summed E-state index contributed by atoms with van der Waals surface area (Å²) in [7, 11) is 0. The van der Waals surface area contributed by atoms with E-state index in [9.17, 15) is 15.0 Å². The summed E-state index contributed by atoms with van der Waals surface area (Å²) >= 11 is 3.23. The highest BCUT2D eigenvalue weighted by atomic mass is 79.9. The van der Waals surface area contributed by atoms with E-state index >= 15 is 0 Å². The molecule has 3 N–H and O–H groups in total. The van der Waals surface area contributed by atoms with Gasteiger partial charge in [0, 0.05) is 10.0 Å². The van der Waals surface area contributed by atoms with Gasteiger partial charge in [-0.3, -0.25) is 0 Å². The van der Waals surface area contributed by atoms with Gasteiger partial charge in [-0.15, -0.1) is 0 Å². The monoisotopic (exact) mass is 274 g/mol. The number of aliphatic hydroxyl groups excluding tert-OH is 1. The van der Waals surface area contributed by atoms with E-state index in [1.54, 1.807) is 19.9 Å². The van der Waals surface area contributed by atoms with Crippen molar-refractivity contribution in [1.82, 2.24) is 0 Å². The zero-order chi connectivity index (χ0) is 11.7. The highest BCUT2D eigenvalue weighted by Gasteiger charge is 2.24. The Kier molecular flexibility index (Phi) is 3.36. The first kappa shape index (κ1) is 12.0. The van der Waals surface area contributed by atoms with Crippen LogP contribution in [-0.4, -0.2) is 21.3 Å². The second-order valence-electron chi connectivity index (χ2n) is 3.30.